The van der Waals surface area contributed by atoms with Gasteiger partial charge in [-0.25, -0.2) is 0 Å². The molecule has 43 heavy (non-hydrogen) atoms. The van der Waals surface area contributed by atoms with Crippen LogP contribution < -0.4 is 36.7 Å². The van der Waals surface area contributed by atoms with Crippen LogP contribution in [0.4, 0.5) is 0 Å². The van der Waals surface area contributed by atoms with Crippen LogP contribution in [0.2, 0.25) is 0 Å². The highest BCUT2D eigenvalue weighted by Gasteiger charge is 2.24. The molecule has 1 heterocycles. The number of aromatic hydroxyl groups is 1. The SMILES string of the molecule is Cc1ccc(-c2oc3cc(O)cc(C)c3c(=O)c2OC(NCC(=O)NCC=O)NCC(=O)NCC(=O)NCC=O)cc1C. The normalized spacial score (nSPS) is 11.4. The number of nitrogens with one attached hydrogen (secondary N) is 5. The Bertz CT molecular complexity index is 1580. The fourth-order valence-corrected chi connectivity index (χ4v) is 3.98. The molecule has 1 aromatic heterocycles. The van der Waals surface area contributed by atoms with E-state index in [0.717, 1.165) is 11.1 Å². The van der Waals surface area contributed by atoms with Crippen molar-refractivity contribution in [2.45, 2.75) is 27.1 Å². The van der Waals surface area contributed by atoms with Crippen LogP contribution in [-0.2, 0) is 24.0 Å². The predicted molar refractivity (Wildman–Crippen MR) is 155 cm³/mol. The number of carbonyl (C=O) groups excluding carboxylic acids is 5. The standard InChI is InChI=1S/C29H33N5O9/c1-16-4-5-19(10-17(16)2)27-28(26(41)25-18(3)11-20(37)12-21(25)42-27)43-29(33-14-23(39)31-7-9-36)34-15-24(40)32-13-22(38)30-6-8-35/h4-5,8-12,29,33-34,37H,6-7,13-15H2,1-3H3,(H,30,38)(H,31,39)(H,32,40). The largest absolute Gasteiger partial charge is 0.508 e. The van der Waals surface area contributed by atoms with Gasteiger partial charge in [0.1, 0.15) is 23.9 Å². The van der Waals surface area contributed by atoms with Gasteiger partial charge in [0.25, 0.3) is 0 Å². The third-order valence-corrected chi connectivity index (χ3v) is 6.25. The molecule has 0 spiro atoms. The number of hydrogen-bond donors (Lipinski definition) is 6. The molecule has 1 atom stereocenters. The molecule has 3 rings (SSSR count). The number of phenols is 1. The summed E-state index contributed by atoms with van der Waals surface area (Å²) in [6.07, 6.45) is -0.310. The Morgan fingerprint density at radius 2 is 1.44 bits per heavy atom. The van der Waals surface area contributed by atoms with Gasteiger partial charge in [-0.1, -0.05) is 12.1 Å². The Hall–Kier alpha value is -5.08. The molecule has 3 aromatic rings. The van der Waals surface area contributed by atoms with E-state index in [1.807, 2.05) is 19.9 Å². The van der Waals surface area contributed by atoms with Crippen molar-refractivity contribution in [2.24, 2.45) is 0 Å². The maximum Gasteiger partial charge on any atom is 0.239 e. The molecule has 228 valence electrons. The van der Waals surface area contributed by atoms with E-state index in [1.54, 1.807) is 19.1 Å². The summed E-state index contributed by atoms with van der Waals surface area (Å²) in [5, 5.41) is 22.8. The maximum absolute atomic E-state index is 13.8. The molecule has 0 aliphatic carbocycles. The van der Waals surface area contributed by atoms with Crippen LogP contribution >= 0.6 is 0 Å². The molecule has 3 amide bonds. The quantitative estimate of drug-likeness (QED) is 0.0992. The van der Waals surface area contributed by atoms with Crippen molar-refractivity contribution >= 4 is 41.3 Å². The molecule has 1 unspecified atom stereocenters. The molecular formula is C29H33N5O9. The number of ether oxygens (including phenoxy) is 1. The lowest BCUT2D eigenvalue weighted by atomic mass is 10.0. The van der Waals surface area contributed by atoms with Gasteiger partial charge in [0.05, 0.1) is 38.1 Å². The van der Waals surface area contributed by atoms with Crippen LogP contribution in [-0.4, -0.2) is 74.5 Å². The summed E-state index contributed by atoms with van der Waals surface area (Å²) in [7, 11) is 0. The highest BCUT2D eigenvalue weighted by molar-refractivity contribution is 5.87. The van der Waals surface area contributed by atoms with Crippen LogP contribution in [0, 0.1) is 20.8 Å². The minimum Gasteiger partial charge on any atom is -0.508 e. The van der Waals surface area contributed by atoms with Crippen molar-refractivity contribution in [3.8, 4) is 22.8 Å². The summed E-state index contributed by atoms with van der Waals surface area (Å²) in [5.74, 6) is -2.07. The minimum atomic E-state index is -1.32. The van der Waals surface area contributed by atoms with Crippen LogP contribution in [0.25, 0.3) is 22.3 Å². The number of amides is 3. The average Bonchev–Trinajstić information content (AvgIpc) is 2.97. The number of aldehydes is 2. The molecule has 2 aromatic carbocycles. The summed E-state index contributed by atoms with van der Waals surface area (Å²) < 4.78 is 12.2. The lowest BCUT2D eigenvalue weighted by Gasteiger charge is -2.22. The van der Waals surface area contributed by atoms with E-state index < -0.39 is 42.6 Å². The zero-order chi connectivity index (χ0) is 31.5. The van der Waals surface area contributed by atoms with Gasteiger partial charge in [0.15, 0.2) is 5.76 Å². The first kappa shape index (κ1) is 32.4. The second kappa shape index (κ2) is 15.2. The number of phenolic OH excluding ortho intramolecular Hbond substituents is 1. The van der Waals surface area contributed by atoms with E-state index in [-0.39, 0.29) is 47.9 Å². The van der Waals surface area contributed by atoms with Gasteiger partial charge >= 0.3 is 0 Å². The number of hydrogen-bond acceptors (Lipinski definition) is 11. The first-order chi connectivity index (χ1) is 20.5. The highest BCUT2D eigenvalue weighted by Crippen LogP contribution is 2.34. The number of fused-ring (bicyclic) bond motifs is 1. The minimum absolute atomic E-state index is 0.0425. The lowest BCUT2D eigenvalue weighted by Crippen LogP contribution is -2.53. The van der Waals surface area contributed by atoms with Crippen LogP contribution in [0.3, 0.4) is 0 Å². The predicted octanol–water partition coefficient (Wildman–Crippen LogP) is -0.321. The summed E-state index contributed by atoms with van der Waals surface area (Å²) >= 11 is 0. The molecule has 0 saturated heterocycles. The topological polar surface area (TPSA) is 205 Å². The lowest BCUT2D eigenvalue weighted by molar-refractivity contribution is -0.126. The summed E-state index contributed by atoms with van der Waals surface area (Å²) in [6.45, 7) is 3.84. The van der Waals surface area contributed by atoms with E-state index in [9.17, 15) is 33.9 Å². The zero-order valence-electron chi connectivity index (χ0n) is 23.9. The summed E-state index contributed by atoms with van der Waals surface area (Å²) in [4.78, 5) is 71.1. The third-order valence-electron chi connectivity index (χ3n) is 6.25. The van der Waals surface area contributed by atoms with Crippen LogP contribution in [0.5, 0.6) is 11.5 Å². The number of rotatable bonds is 15. The van der Waals surface area contributed by atoms with Gasteiger partial charge in [-0.05, 0) is 49.6 Å². The smallest absolute Gasteiger partial charge is 0.239 e. The van der Waals surface area contributed by atoms with Crippen molar-refractivity contribution in [3.63, 3.8) is 0 Å². The first-order valence-corrected chi connectivity index (χ1v) is 13.2. The van der Waals surface area contributed by atoms with E-state index in [2.05, 4.69) is 26.6 Å². The van der Waals surface area contributed by atoms with Gasteiger partial charge in [-0.15, -0.1) is 0 Å². The molecule has 0 bridgehead atoms. The summed E-state index contributed by atoms with van der Waals surface area (Å²) in [5.41, 5.74) is 2.39. The highest BCUT2D eigenvalue weighted by atomic mass is 16.5. The number of benzene rings is 2. The molecule has 0 aliphatic heterocycles. The Morgan fingerprint density at radius 3 is 2.05 bits per heavy atom. The van der Waals surface area contributed by atoms with Crippen molar-refractivity contribution in [1.82, 2.24) is 26.6 Å². The van der Waals surface area contributed by atoms with E-state index in [4.69, 9.17) is 9.15 Å². The maximum atomic E-state index is 13.8. The van der Waals surface area contributed by atoms with E-state index in [1.165, 1.54) is 12.1 Å². The van der Waals surface area contributed by atoms with Gasteiger partial charge in [-0.2, -0.15) is 0 Å². The average molecular weight is 596 g/mol. The number of aryl methyl sites for hydroxylation is 3. The fraction of sp³-hybridized carbons (Fsp3) is 0.310. The zero-order valence-corrected chi connectivity index (χ0v) is 23.9. The molecule has 14 heteroatoms. The fourth-order valence-electron chi connectivity index (χ4n) is 3.98. The van der Waals surface area contributed by atoms with Crippen LogP contribution in [0.1, 0.15) is 16.7 Å². The molecule has 0 aliphatic rings. The number of carbonyl (C=O) groups is 5. The molecule has 6 N–H and O–H groups in total. The van der Waals surface area contributed by atoms with Gasteiger partial charge in [0.2, 0.25) is 35.3 Å². The molecule has 0 radical (unpaired) electrons. The second-order valence-electron chi connectivity index (χ2n) is 9.50. The van der Waals surface area contributed by atoms with Gasteiger partial charge in [0, 0.05) is 11.6 Å². The van der Waals surface area contributed by atoms with Crippen molar-refractivity contribution in [3.05, 3.63) is 57.2 Å². The Kier molecular flexibility index (Phi) is 11.5. The van der Waals surface area contributed by atoms with Gasteiger partial charge < -0.3 is 39.8 Å². The van der Waals surface area contributed by atoms with Crippen LogP contribution in [0.15, 0.2) is 39.5 Å². The van der Waals surface area contributed by atoms with E-state index >= 15 is 0 Å². The monoisotopic (exact) mass is 595 g/mol. The van der Waals surface area contributed by atoms with Crippen molar-refractivity contribution < 1.29 is 38.2 Å². The van der Waals surface area contributed by atoms with E-state index in [0.29, 0.717) is 23.7 Å². The van der Waals surface area contributed by atoms with Crippen molar-refractivity contribution in [2.75, 3.05) is 32.7 Å². The Labute approximate surface area is 246 Å². The van der Waals surface area contributed by atoms with Crippen molar-refractivity contribution in [1.29, 1.82) is 0 Å². The molecule has 14 nitrogen and oxygen atoms in total. The third kappa shape index (κ3) is 8.95. The molecular weight excluding hydrogens is 562 g/mol. The molecule has 0 fully saturated rings. The Morgan fingerprint density at radius 1 is 0.837 bits per heavy atom. The summed E-state index contributed by atoms with van der Waals surface area (Å²) in [6, 6.07) is 8.10. The molecule has 0 saturated carbocycles. The Balaban J connectivity index is 1.97. The second-order valence-corrected chi connectivity index (χ2v) is 9.50. The van der Waals surface area contributed by atoms with Gasteiger partial charge in [-0.3, -0.25) is 29.8 Å². The first-order valence-electron chi connectivity index (χ1n) is 13.2.